The van der Waals surface area contributed by atoms with Gasteiger partial charge in [-0.15, -0.1) is 0 Å². The molecule has 1 atom stereocenters. The lowest BCUT2D eigenvalue weighted by atomic mass is 9.96. The normalized spacial score (nSPS) is 18.2. The van der Waals surface area contributed by atoms with Gasteiger partial charge < -0.3 is 9.73 Å². The van der Waals surface area contributed by atoms with E-state index in [1.54, 1.807) is 5.57 Å². The van der Waals surface area contributed by atoms with Crippen molar-refractivity contribution in [2.75, 3.05) is 6.54 Å². The minimum absolute atomic E-state index is 0.362. The maximum atomic E-state index is 5.48. The zero-order valence-corrected chi connectivity index (χ0v) is 11.7. The molecule has 1 N–H and O–H groups in total. The Bertz CT molecular complexity index is 392. The Kier molecular flexibility index (Phi) is 5.06. The molecule has 1 aromatic rings. The minimum atomic E-state index is 0.362. The monoisotopic (exact) mass is 247 g/mol. The quantitative estimate of drug-likeness (QED) is 0.774. The van der Waals surface area contributed by atoms with Crippen LogP contribution in [-0.4, -0.2) is 6.54 Å². The van der Waals surface area contributed by atoms with Crippen molar-refractivity contribution in [3.05, 3.63) is 35.3 Å². The molecule has 2 nitrogen and oxygen atoms in total. The van der Waals surface area contributed by atoms with Gasteiger partial charge in [0, 0.05) is 5.56 Å². The predicted molar refractivity (Wildman–Crippen MR) is 75.6 cm³/mol. The van der Waals surface area contributed by atoms with Gasteiger partial charge in [-0.3, -0.25) is 0 Å². The molecule has 1 heterocycles. The number of hydrogen-bond donors (Lipinski definition) is 1. The van der Waals surface area contributed by atoms with Crippen molar-refractivity contribution >= 4 is 0 Å². The van der Waals surface area contributed by atoms with Crippen LogP contribution in [0, 0.1) is 6.92 Å². The van der Waals surface area contributed by atoms with E-state index < -0.39 is 0 Å². The van der Waals surface area contributed by atoms with Crippen molar-refractivity contribution in [1.82, 2.24) is 5.32 Å². The Hall–Kier alpha value is -1.02. The van der Waals surface area contributed by atoms with Gasteiger partial charge in [-0.1, -0.05) is 25.0 Å². The highest BCUT2D eigenvalue weighted by Gasteiger charge is 2.18. The Morgan fingerprint density at radius 3 is 2.94 bits per heavy atom. The van der Waals surface area contributed by atoms with Gasteiger partial charge in [0.2, 0.25) is 0 Å². The summed E-state index contributed by atoms with van der Waals surface area (Å²) in [4.78, 5) is 0. The lowest BCUT2D eigenvalue weighted by Crippen LogP contribution is -2.23. The van der Waals surface area contributed by atoms with Gasteiger partial charge in [-0.2, -0.15) is 0 Å². The van der Waals surface area contributed by atoms with Crippen molar-refractivity contribution < 1.29 is 4.42 Å². The summed E-state index contributed by atoms with van der Waals surface area (Å²) in [6, 6.07) is 2.53. The second-order valence-electron chi connectivity index (χ2n) is 5.26. The maximum absolute atomic E-state index is 5.48. The standard InChI is InChI=1S/C16H25NO/c1-3-10-17-16(15-11-13(2)18-12-15)14-8-6-4-5-7-9-14/h8,11-12,16-17H,3-7,9-10H2,1-2H3. The molecule has 0 amide bonds. The Morgan fingerprint density at radius 2 is 2.22 bits per heavy atom. The second-order valence-corrected chi connectivity index (χ2v) is 5.26. The zero-order chi connectivity index (χ0) is 12.8. The highest BCUT2D eigenvalue weighted by molar-refractivity contribution is 5.27. The van der Waals surface area contributed by atoms with Crippen LogP contribution in [0.4, 0.5) is 0 Å². The molecule has 1 unspecified atom stereocenters. The fourth-order valence-electron chi connectivity index (χ4n) is 2.67. The Morgan fingerprint density at radius 1 is 1.33 bits per heavy atom. The fourth-order valence-corrected chi connectivity index (χ4v) is 2.67. The molecule has 18 heavy (non-hydrogen) atoms. The SMILES string of the molecule is CCCNC(C1=CCCCCC1)c1coc(C)c1. The predicted octanol–water partition coefficient (Wildman–Crippen LogP) is 4.52. The van der Waals surface area contributed by atoms with Gasteiger partial charge in [0.05, 0.1) is 12.3 Å². The molecule has 0 fully saturated rings. The highest BCUT2D eigenvalue weighted by atomic mass is 16.3. The summed E-state index contributed by atoms with van der Waals surface area (Å²) in [6.07, 6.45) is 12.0. The summed E-state index contributed by atoms with van der Waals surface area (Å²) in [5, 5.41) is 3.67. The van der Waals surface area contributed by atoms with Crippen molar-refractivity contribution in [2.45, 2.75) is 58.4 Å². The van der Waals surface area contributed by atoms with Crippen LogP contribution in [0.2, 0.25) is 0 Å². The number of rotatable bonds is 5. The van der Waals surface area contributed by atoms with E-state index >= 15 is 0 Å². The third kappa shape index (κ3) is 3.49. The van der Waals surface area contributed by atoms with E-state index in [1.165, 1.54) is 44.1 Å². The van der Waals surface area contributed by atoms with Gasteiger partial charge in [-0.25, -0.2) is 0 Å². The van der Waals surface area contributed by atoms with Crippen molar-refractivity contribution in [2.24, 2.45) is 0 Å². The fraction of sp³-hybridized carbons (Fsp3) is 0.625. The molecule has 0 radical (unpaired) electrons. The van der Waals surface area contributed by atoms with Crippen LogP contribution < -0.4 is 5.32 Å². The molecule has 100 valence electrons. The largest absolute Gasteiger partial charge is 0.469 e. The number of aryl methyl sites for hydroxylation is 1. The van der Waals surface area contributed by atoms with E-state index in [9.17, 15) is 0 Å². The Balaban J connectivity index is 2.15. The van der Waals surface area contributed by atoms with Crippen LogP contribution in [-0.2, 0) is 0 Å². The molecule has 0 aromatic carbocycles. The first kappa shape index (κ1) is 13.4. The summed E-state index contributed by atoms with van der Waals surface area (Å²) in [6.45, 7) is 5.29. The Labute approximate surface area is 110 Å². The van der Waals surface area contributed by atoms with Gasteiger partial charge in [-0.05, 0) is 51.6 Å². The van der Waals surface area contributed by atoms with Gasteiger partial charge >= 0.3 is 0 Å². The van der Waals surface area contributed by atoms with E-state index in [4.69, 9.17) is 4.42 Å². The molecule has 2 rings (SSSR count). The van der Waals surface area contributed by atoms with E-state index in [1.807, 2.05) is 13.2 Å². The van der Waals surface area contributed by atoms with Gasteiger partial charge in [0.1, 0.15) is 5.76 Å². The molecule has 1 aliphatic rings. The molecule has 0 aliphatic heterocycles. The molecule has 0 saturated carbocycles. The van der Waals surface area contributed by atoms with Crippen LogP contribution in [0.3, 0.4) is 0 Å². The summed E-state index contributed by atoms with van der Waals surface area (Å²) >= 11 is 0. The molecule has 0 saturated heterocycles. The first-order valence-electron chi connectivity index (χ1n) is 7.28. The maximum Gasteiger partial charge on any atom is 0.101 e. The smallest absolute Gasteiger partial charge is 0.101 e. The van der Waals surface area contributed by atoms with Gasteiger partial charge in [0.15, 0.2) is 0 Å². The summed E-state index contributed by atoms with van der Waals surface area (Å²) < 4.78 is 5.48. The molecular formula is C16H25NO. The van der Waals surface area contributed by atoms with E-state index in [0.29, 0.717) is 6.04 Å². The number of nitrogens with one attached hydrogen (secondary N) is 1. The van der Waals surface area contributed by atoms with Crippen LogP contribution in [0.15, 0.2) is 28.4 Å². The van der Waals surface area contributed by atoms with Crippen LogP contribution in [0.1, 0.15) is 62.8 Å². The van der Waals surface area contributed by atoms with E-state index in [0.717, 1.165) is 12.3 Å². The average molecular weight is 247 g/mol. The lowest BCUT2D eigenvalue weighted by Gasteiger charge is -2.20. The molecule has 2 heteroatoms. The molecular weight excluding hydrogens is 222 g/mol. The molecule has 1 aliphatic carbocycles. The van der Waals surface area contributed by atoms with Crippen LogP contribution >= 0.6 is 0 Å². The van der Waals surface area contributed by atoms with Gasteiger partial charge in [0.25, 0.3) is 0 Å². The van der Waals surface area contributed by atoms with Crippen molar-refractivity contribution in [3.63, 3.8) is 0 Å². The third-order valence-electron chi connectivity index (χ3n) is 3.63. The second kappa shape index (κ2) is 6.79. The lowest BCUT2D eigenvalue weighted by molar-refractivity contribution is 0.519. The third-order valence-corrected chi connectivity index (χ3v) is 3.63. The van der Waals surface area contributed by atoms with Crippen molar-refractivity contribution in [3.8, 4) is 0 Å². The first-order chi connectivity index (χ1) is 8.81. The zero-order valence-electron chi connectivity index (χ0n) is 11.7. The first-order valence-corrected chi connectivity index (χ1v) is 7.28. The molecule has 1 aromatic heterocycles. The number of allylic oxidation sites excluding steroid dienone is 1. The number of hydrogen-bond acceptors (Lipinski definition) is 2. The molecule has 0 bridgehead atoms. The van der Waals surface area contributed by atoms with Crippen LogP contribution in [0.25, 0.3) is 0 Å². The average Bonchev–Trinajstić information content (AvgIpc) is 2.65. The summed E-state index contributed by atoms with van der Waals surface area (Å²) in [7, 11) is 0. The minimum Gasteiger partial charge on any atom is -0.469 e. The highest BCUT2D eigenvalue weighted by Crippen LogP contribution is 2.30. The van der Waals surface area contributed by atoms with Crippen molar-refractivity contribution in [1.29, 1.82) is 0 Å². The van der Waals surface area contributed by atoms with E-state index in [-0.39, 0.29) is 0 Å². The number of furan rings is 1. The summed E-state index contributed by atoms with van der Waals surface area (Å²) in [5.74, 6) is 1.00. The molecule has 0 spiro atoms. The topological polar surface area (TPSA) is 25.2 Å². The van der Waals surface area contributed by atoms with Crippen LogP contribution in [0.5, 0.6) is 0 Å². The summed E-state index contributed by atoms with van der Waals surface area (Å²) in [5.41, 5.74) is 2.84. The van der Waals surface area contributed by atoms with E-state index in [2.05, 4.69) is 24.4 Å².